The number of likely N-dealkylation sites (N-methyl/N-ethyl adjacent to an activating group) is 2. The summed E-state index contributed by atoms with van der Waals surface area (Å²) in [6, 6.07) is 0. The van der Waals surface area contributed by atoms with E-state index in [1.807, 2.05) is 27.0 Å². The summed E-state index contributed by atoms with van der Waals surface area (Å²) in [5.74, 6) is 5.35. The van der Waals surface area contributed by atoms with E-state index in [1.165, 1.54) is 6.08 Å². The van der Waals surface area contributed by atoms with Crippen molar-refractivity contribution in [2.45, 2.75) is 6.92 Å². The van der Waals surface area contributed by atoms with Gasteiger partial charge < -0.3 is 0 Å². The van der Waals surface area contributed by atoms with Gasteiger partial charge in [0, 0.05) is 31.4 Å². The van der Waals surface area contributed by atoms with Gasteiger partial charge >= 0.3 is 0 Å². The van der Waals surface area contributed by atoms with Crippen molar-refractivity contribution in [3.8, 4) is 0 Å². The molecule has 1 fully saturated rings. The Morgan fingerprint density at radius 3 is 2.20 bits per heavy atom. The zero-order chi connectivity index (χ0) is 15.2. The Kier molecular flexibility index (Phi) is 6.13. The van der Waals surface area contributed by atoms with Crippen LogP contribution in [0.4, 0.5) is 0 Å². The van der Waals surface area contributed by atoms with Gasteiger partial charge in [0.1, 0.15) is 17.8 Å². The van der Waals surface area contributed by atoms with Gasteiger partial charge in [-0.1, -0.05) is 6.92 Å². The largest absolute Gasteiger partial charge is 0.267 e. The summed E-state index contributed by atoms with van der Waals surface area (Å²) in [5.41, 5.74) is 1.02. The van der Waals surface area contributed by atoms with Gasteiger partial charge in [0.2, 0.25) is 0 Å². The third-order valence-electron chi connectivity index (χ3n) is 3.62. The van der Waals surface area contributed by atoms with E-state index in [4.69, 9.17) is 0 Å². The van der Waals surface area contributed by atoms with Gasteiger partial charge in [-0.15, -0.1) is 0 Å². The average molecular weight is 294 g/mol. The quantitative estimate of drug-likeness (QED) is 0.419. The lowest BCUT2D eigenvalue weighted by Gasteiger charge is -2.31. The van der Waals surface area contributed by atoms with Gasteiger partial charge in [0.15, 0.2) is 0 Å². The molecule has 1 saturated heterocycles. The Morgan fingerprint density at radius 2 is 1.80 bits per heavy atom. The Labute approximate surface area is 119 Å². The molecule has 0 aromatic rings. The van der Waals surface area contributed by atoms with Crippen molar-refractivity contribution in [2.24, 2.45) is 0 Å². The van der Waals surface area contributed by atoms with E-state index >= 15 is 0 Å². The Hall–Kier alpha value is -1.43. The molecule has 1 aliphatic rings. The highest BCUT2D eigenvalue weighted by Crippen LogP contribution is 2.57. The third kappa shape index (κ3) is 3.00. The first-order chi connectivity index (χ1) is 9.57. The van der Waals surface area contributed by atoms with Crippen molar-refractivity contribution >= 4 is 30.3 Å². The van der Waals surface area contributed by atoms with Gasteiger partial charge in [-0.25, -0.2) is 14.4 Å². The maximum atomic E-state index is 11.3. The molecule has 1 heterocycles. The predicted molar refractivity (Wildman–Crippen MR) is 82.3 cm³/mol. The molecule has 0 radical (unpaired) electrons. The molecule has 6 heteroatoms. The summed E-state index contributed by atoms with van der Waals surface area (Å²) in [7, 11) is 3.92. The molecule has 0 saturated carbocycles. The van der Waals surface area contributed by atoms with Gasteiger partial charge in [0.05, 0.1) is 10.9 Å². The first-order valence-electron chi connectivity index (χ1n) is 6.40. The van der Waals surface area contributed by atoms with Crippen molar-refractivity contribution in [3.63, 3.8) is 0 Å². The fraction of sp³-hybridized carbons (Fsp3) is 0.500. The molecular weight excluding hydrogens is 275 g/mol. The second kappa shape index (κ2) is 7.38. The molecule has 0 N–H and O–H groups in total. The Bertz CT molecular complexity index is 565. The second-order valence-electron chi connectivity index (χ2n) is 4.68. The van der Waals surface area contributed by atoms with Gasteiger partial charge in [-0.2, -0.15) is 0 Å². The normalized spacial score (nSPS) is 18.6. The number of nitrogens with zero attached hydrogens (tertiary/aromatic N) is 2. The molecule has 0 aliphatic carbocycles. The van der Waals surface area contributed by atoms with Crippen LogP contribution in [-0.4, -0.2) is 72.7 Å². The van der Waals surface area contributed by atoms with E-state index in [0.29, 0.717) is 17.6 Å². The highest BCUT2D eigenvalue weighted by atomic mass is 31.2. The number of hydrogen-bond acceptors (Lipinski definition) is 3. The van der Waals surface area contributed by atoms with Crippen molar-refractivity contribution in [1.29, 1.82) is 0 Å². The molecule has 20 heavy (non-hydrogen) atoms. The molecule has 0 aromatic carbocycles. The molecule has 1 unspecified atom stereocenters. The minimum Gasteiger partial charge on any atom is -0.267 e. The fourth-order valence-electron chi connectivity index (χ4n) is 2.66. The number of rotatable bonds is 5. The lowest BCUT2D eigenvalue weighted by molar-refractivity contribution is 0.553. The highest BCUT2D eigenvalue weighted by Gasteiger charge is 2.33. The maximum Gasteiger partial charge on any atom is 0.133 e. The van der Waals surface area contributed by atoms with Crippen LogP contribution in [-0.2, 0) is 14.4 Å². The zero-order valence-electron chi connectivity index (χ0n) is 12.0. The zero-order valence-corrected chi connectivity index (χ0v) is 12.9. The number of carbonyl (C=O) groups excluding carboxylic acids is 3. The molecule has 0 spiro atoms. The summed E-state index contributed by atoms with van der Waals surface area (Å²) in [6.45, 7) is 1.53. The monoisotopic (exact) mass is 294 g/mol. The van der Waals surface area contributed by atoms with E-state index in [1.54, 1.807) is 11.9 Å². The SMILES string of the molecule is CCP(CC=C=O)(C(=C=O)C=C=O)=C1N(C)CCN1C. The average Bonchev–Trinajstić information content (AvgIpc) is 2.79. The Morgan fingerprint density at radius 1 is 1.20 bits per heavy atom. The smallest absolute Gasteiger partial charge is 0.133 e. The van der Waals surface area contributed by atoms with E-state index in [-0.39, 0.29) is 0 Å². The van der Waals surface area contributed by atoms with Crippen LogP contribution in [0.2, 0.25) is 0 Å². The van der Waals surface area contributed by atoms with E-state index in [9.17, 15) is 14.4 Å². The van der Waals surface area contributed by atoms with E-state index in [0.717, 1.165) is 24.7 Å². The maximum absolute atomic E-state index is 11.3. The van der Waals surface area contributed by atoms with E-state index < -0.39 is 6.89 Å². The van der Waals surface area contributed by atoms with Crippen LogP contribution in [0.3, 0.4) is 0 Å². The molecule has 1 atom stereocenters. The molecule has 5 nitrogen and oxygen atoms in total. The van der Waals surface area contributed by atoms with Gasteiger partial charge in [-0.3, -0.25) is 9.80 Å². The summed E-state index contributed by atoms with van der Waals surface area (Å²) in [6.07, 6.45) is 3.66. The van der Waals surface area contributed by atoms with Gasteiger partial charge in [0.25, 0.3) is 0 Å². The number of hydrogen-bond donors (Lipinski definition) is 0. The third-order valence-corrected chi connectivity index (χ3v) is 8.10. The minimum atomic E-state index is -2.15. The lowest BCUT2D eigenvalue weighted by Crippen LogP contribution is -2.31. The fourth-order valence-corrected chi connectivity index (χ4v) is 6.49. The molecule has 1 aliphatic heterocycles. The minimum absolute atomic E-state index is 0.331. The topological polar surface area (TPSA) is 57.7 Å². The second-order valence-corrected chi connectivity index (χ2v) is 8.50. The van der Waals surface area contributed by atoms with Crippen molar-refractivity contribution < 1.29 is 14.4 Å². The lowest BCUT2D eigenvalue weighted by atomic mass is 10.6. The van der Waals surface area contributed by atoms with Crippen LogP contribution in [0.15, 0.2) is 17.5 Å². The number of allylic oxidation sites excluding steroid dienone is 3. The summed E-state index contributed by atoms with van der Waals surface area (Å²) < 4.78 is 0. The van der Waals surface area contributed by atoms with Gasteiger partial charge in [-0.05, 0) is 27.1 Å². The first-order valence-corrected chi connectivity index (χ1v) is 8.56. The Balaban J connectivity index is 3.71. The van der Waals surface area contributed by atoms with Crippen molar-refractivity contribution in [3.05, 3.63) is 17.5 Å². The molecule has 0 aromatic heterocycles. The van der Waals surface area contributed by atoms with Crippen LogP contribution >= 0.6 is 6.89 Å². The molecule has 0 bridgehead atoms. The van der Waals surface area contributed by atoms with Crippen LogP contribution in [0.1, 0.15) is 6.92 Å². The highest BCUT2D eigenvalue weighted by molar-refractivity contribution is 7.80. The summed E-state index contributed by atoms with van der Waals surface area (Å²) >= 11 is 0. The van der Waals surface area contributed by atoms with Crippen LogP contribution in [0.25, 0.3) is 0 Å². The summed E-state index contributed by atoms with van der Waals surface area (Å²) in [4.78, 5) is 36.8. The predicted octanol–water partition coefficient (Wildman–Crippen LogP) is 0.480. The first kappa shape index (κ1) is 16.6. The molecular formula is C14H19N2O3P. The van der Waals surface area contributed by atoms with E-state index in [2.05, 4.69) is 9.80 Å². The molecule has 1 rings (SSSR count). The molecule has 108 valence electrons. The van der Waals surface area contributed by atoms with Crippen molar-refractivity contribution in [1.82, 2.24) is 9.80 Å². The van der Waals surface area contributed by atoms with Crippen LogP contribution in [0.5, 0.6) is 0 Å². The standard InChI is InChI=1S/C14H19N2O3P/c1-4-20(11-5-9-17,13(12-19)6-10-18)14-15(2)7-8-16(14)3/h5-6H,4,7-8,11H2,1-3H3. The van der Waals surface area contributed by atoms with Crippen LogP contribution in [0, 0.1) is 0 Å². The van der Waals surface area contributed by atoms with Crippen molar-refractivity contribution in [2.75, 3.05) is 39.5 Å². The van der Waals surface area contributed by atoms with Crippen LogP contribution < -0.4 is 0 Å². The summed E-state index contributed by atoms with van der Waals surface area (Å²) in [5, 5.41) is 0.331. The molecule has 0 amide bonds.